The van der Waals surface area contributed by atoms with E-state index < -0.39 is 0 Å². The summed E-state index contributed by atoms with van der Waals surface area (Å²) >= 11 is 1.68. The molecule has 2 aromatic carbocycles. The number of rotatable bonds is 4. The highest BCUT2D eigenvalue weighted by Gasteiger charge is 2.06. The molecule has 0 saturated carbocycles. The molecule has 2 aromatic rings. The van der Waals surface area contributed by atoms with Crippen LogP contribution in [-0.4, -0.2) is 7.11 Å². The minimum Gasteiger partial charge on any atom is -0.496 e. The summed E-state index contributed by atoms with van der Waals surface area (Å²) in [5, 5.41) is 0. The van der Waals surface area contributed by atoms with Crippen molar-refractivity contribution in [3.05, 3.63) is 54.1 Å². The first-order chi connectivity index (χ1) is 8.35. The Balaban J connectivity index is 0.00000162. The van der Waals surface area contributed by atoms with Gasteiger partial charge in [-0.05, 0) is 23.8 Å². The van der Waals surface area contributed by atoms with E-state index in [0.717, 1.165) is 16.2 Å². The molecule has 0 unspecified atom stereocenters. The van der Waals surface area contributed by atoms with Crippen molar-refractivity contribution in [2.24, 2.45) is 5.73 Å². The predicted octanol–water partition coefficient (Wildman–Crippen LogP) is 3.73. The Labute approximate surface area is 118 Å². The molecular formula is C14H16ClNOS. The van der Waals surface area contributed by atoms with E-state index in [4.69, 9.17) is 10.5 Å². The molecule has 4 heteroatoms. The second-order valence-corrected chi connectivity index (χ2v) is 4.65. The lowest BCUT2D eigenvalue weighted by molar-refractivity contribution is 0.405. The third-order valence-corrected chi connectivity index (χ3v) is 3.66. The van der Waals surface area contributed by atoms with Gasteiger partial charge in [-0.25, -0.2) is 0 Å². The maximum atomic E-state index is 5.73. The zero-order chi connectivity index (χ0) is 12.1. The van der Waals surface area contributed by atoms with E-state index in [1.165, 1.54) is 4.90 Å². The monoisotopic (exact) mass is 281 g/mol. The predicted molar refractivity (Wildman–Crippen MR) is 78.7 cm³/mol. The molecule has 0 saturated heterocycles. The summed E-state index contributed by atoms with van der Waals surface area (Å²) in [6.07, 6.45) is 0. The number of para-hydroxylation sites is 1. The molecule has 0 heterocycles. The highest BCUT2D eigenvalue weighted by molar-refractivity contribution is 7.99. The molecule has 0 bridgehead atoms. The van der Waals surface area contributed by atoms with Gasteiger partial charge in [-0.2, -0.15) is 0 Å². The first kappa shape index (κ1) is 14.9. The van der Waals surface area contributed by atoms with Gasteiger partial charge in [-0.3, -0.25) is 0 Å². The molecule has 0 aliphatic rings. The SMILES string of the molecule is COc1ccccc1Sc1ccccc1CN.Cl. The average molecular weight is 282 g/mol. The Morgan fingerprint density at radius 3 is 2.28 bits per heavy atom. The van der Waals surface area contributed by atoms with Gasteiger partial charge in [0.1, 0.15) is 5.75 Å². The highest BCUT2D eigenvalue weighted by atomic mass is 35.5. The molecule has 0 aliphatic carbocycles. The van der Waals surface area contributed by atoms with Gasteiger partial charge in [-0.1, -0.05) is 42.1 Å². The second kappa shape index (κ2) is 7.31. The highest BCUT2D eigenvalue weighted by Crippen LogP contribution is 2.36. The topological polar surface area (TPSA) is 35.2 Å². The zero-order valence-corrected chi connectivity index (χ0v) is 11.8. The van der Waals surface area contributed by atoms with Crippen LogP contribution in [0.3, 0.4) is 0 Å². The maximum Gasteiger partial charge on any atom is 0.132 e. The second-order valence-electron chi connectivity index (χ2n) is 3.56. The third-order valence-electron chi connectivity index (χ3n) is 2.48. The van der Waals surface area contributed by atoms with Gasteiger partial charge in [0.2, 0.25) is 0 Å². The summed E-state index contributed by atoms with van der Waals surface area (Å²) in [6, 6.07) is 16.2. The molecule has 2 N–H and O–H groups in total. The number of nitrogens with two attached hydrogens (primary N) is 1. The Bertz CT molecular complexity index is 459. The largest absolute Gasteiger partial charge is 0.496 e. The minimum atomic E-state index is 0. The van der Waals surface area contributed by atoms with Crippen molar-refractivity contribution in [2.75, 3.05) is 7.11 Å². The van der Waals surface area contributed by atoms with Crippen LogP contribution < -0.4 is 10.5 Å². The summed E-state index contributed by atoms with van der Waals surface area (Å²) in [4.78, 5) is 2.29. The lowest BCUT2D eigenvalue weighted by Crippen LogP contribution is -1.97. The molecule has 2 rings (SSSR count). The molecule has 0 radical (unpaired) electrons. The number of ether oxygens (including phenoxy) is 1. The number of halogens is 1. The van der Waals surface area contributed by atoms with E-state index in [-0.39, 0.29) is 12.4 Å². The molecule has 0 aromatic heterocycles. The summed E-state index contributed by atoms with van der Waals surface area (Å²) in [5.74, 6) is 0.893. The van der Waals surface area contributed by atoms with Gasteiger partial charge in [0.25, 0.3) is 0 Å². The van der Waals surface area contributed by atoms with Crippen LogP contribution in [0.4, 0.5) is 0 Å². The van der Waals surface area contributed by atoms with Crippen LogP contribution >= 0.6 is 24.2 Å². The summed E-state index contributed by atoms with van der Waals surface area (Å²) in [6.45, 7) is 0.554. The van der Waals surface area contributed by atoms with E-state index in [2.05, 4.69) is 18.2 Å². The van der Waals surface area contributed by atoms with E-state index in [1.807, 2.05) is 30.3 Å². The van der Waals surface area contributed by atoms with E-state index >= 15 is 0 Å². The normalized spacial score (nSPS) is 9.67. The van der Waals surface area contributed by atoms with Crippen molar-refractivity contribution in [1.82, 2.24) is 0 Å². The fraction of sp³-hybridized carbons (Fsp3) is 0.143. The molecule has 0 aliphatic heterocycles. The lowest BCUT2D eigenvalue weighted by atomic mass is 10.2. The molecule has 2 nitrogen and oxygen atoms in total. The van der Waals surface area contributed by atoms with E-state index in [0.29, 0.717) is 6.54 Å². The zero-order valence-electron chi connectivity index (χ0n) is 10.1. The molecule has 96 valence electrons. The first-order valence-electron chi connectivity index (χ1n) is 5.44. The van der Waals surface area contributed by atoms with Crippen LogP contribution in [0, 0.1) is 0 Å². The smallest absolute Gasteiger partial charge is 0.132 e. The van der Waals surface area contributed by atoms with Crippen molar-refractivity contribution in [3.63, 3.8) is 0 Å². The van der Waals surface area contributed by atoms with Crippen molar-refractivity contribution >= 4 is 24.2 Å². The van der Waals surface area contributed by atoms with Crippen LogP contribution in [0.1, 0.15) is 5.56 Å². The number of hydrogen-bond donors (Lipinski definition) is 1. The number of methoxy groups -OCH3 is 1. The van der Waals surface area contributed by atoms with Crippen LogP contribution in [0.5, 0.6) is 5.75 Å². The average Bonchev–Trinajstić information content (AvgIpc) is 2.40. The van der Waals surface area contributed by atoms with Crippen LogP contribution in [0.2, 0.25) is 0 Å². The van der Waals surface area contributed by atoms with E-state index in [1.54, 1.807) is 18.9 Å². The van der Waals surface area contributed by atoms with Gasteiger partial charge >= 0.3 is 0 Å². The quantitative estimate of drug-likeness (QED) is 0.927. The van der Waals surface area contributed by atoms with Gasteiger partial charge in [0.15, 0.2) is 0 Å². The fourth-order valence-corrected chi connectivity index (χ4v) is 2.66. The van der Waals surface area contributed by atoms with Crippen molar-refractivity contribution in [3.8, 4) is 5.75 Å². The molecule has 0 spiro atoms. The van der Waals surface area contributed by atoms with E-state index in [9.17, 15) is 0 Å². The molecule has 0 amide bonds. The Morgan fingerprint density at radius 1 is 1.00 bits per heavy atom. The van der Waals surface area contributed by atoms with Crippen LogP contribution in [-0.2, 0) is 6.54 Å². The van der Waals surface area contributed by atoms with Crippen molar-refractivity contribution in [1.29, 1.82) is 0 Å². The molecule has 18 heavy (non-hydrogen) atoms. The summed E-state index contributed by atoms with van der Waals surface area (Å²) in [5.41, 5.74) is 6.89. The van der Waals surface area contributed by atoms with Gasteiger partial charge in [0, 0.05) is 11.4 Å². The fourth-order valence-electron chi connectivity index (χ4n) is 1.59. The standard InChI is InChI=1S/C14H15NOS.ClH/c1-16-12-7-3-5-9-14(12)17-13-8-4-2-6-11(13)10-15;/h2-9H,10,15H2,1H3;1H. The summed E-state index contributed by atoms with van der Waals surface area (Å²) in [7, 11) is 1.69. The molecule has 0 atom stereocenters. The lowest BCUT2D eigenvalue weighted by Gasteiger charge is -2.10. The maximum absolute atomic E-state index is 5.73. The van der Waals surface area contributed by atoms with Gasteiger partial charge in [0.05, 0.1) is 12.0 Å². The van der Waals surface area contributed by atoms with Gasteiger partial charge in [-0.15, -0.1) is 12.4 Å². The first-order valence-corrected chi connectivity index (χ1v) is 6.25. The number of hydrogen-bond acceptors (Lipinski definition) is 3. The Morgan fingerprint density at radius 2 is 1.61 bits per heavy atom. The summed E-state index contributed by atoms with van der Waals surface area (Å²) < 4.78 is 5.34. The third kappa shape index (κ3) is 3.42. The minimum absolute atomic E-state index is 0. The Hall–Kier alpha value is -1.16. The van der Waals surface area contributed by atoms with Crippen LogP contribution in [0.15, 0.2) is 58.3 Å². The van der Waals surface area contributed by atoms with Crippen molar-refractivity contribution < 1.29 is 4.74 Å². The number of benzene rings is 2. The Kier molecular flexibility index (Phi) is 6.05. The van der Waals surface area contributed by atoms with Crippen molar-refractivity contribution in [2.45, 2.75) is 16.3 Å². The molecule has 0 fully saturated rings. The molecular weight excluding hydrogens is 266 g/mol. The van der Waals surface area contributed by atoms with Crippen LogP contribution in [0.25, 0.3) is 0 Å². The van der Waals surface area contributed by atoms with Gasteiger partial charge < -0.3 is 10.5 Å².